The minimum Gasteiger partial charge on any atom is -0.439 e. The van der Waals surface area contributed by atoms with Crippen molar-refractivity contribution in [3.05, 3.63) is 58.3 Å². The predicted octanol–water partition coefficient (Wildman–Crippen LogP) is 3.65. The molecule has 1 N–H and O–H groups in total. The summed E-state index contributed by atoms with van der Waals surface area (Å²) in [5, 5.41) is 13.9. The van der Waals surface area contributed by atoms with Gasteiger partial charge in [0.25, 0.3) is 0 Å². The Labute approximate surface area is 152 Å². The summed E-state index contributed by atoms with van der Waals surface area (Å²) < 4.78 is 5.38. The van der Waals surface area contributed by atoms with Crippen LogP contribution >= 0.6 is 27.3 Å². The van der Waals surface area contributed by atoms with Crippen LogP contribution < -0.4 is 0 Å². The van der Waals surface area contributed by atoms with E-state index in [9.17, 15) is 14.7 Å². The summed E-state index contributed by atoms with van der Waals surface area (Å²) in [6, 6.07) is 10.6. The highest BCUT2D eigenvalue weighted by Crippen LogP contribution is 2.35. The number of nitrogens with zero attached hydrogens (tertiary/aromatic N) is 1. The normalized spacial score (nSPS) is 23.0. The maximum Gasteiger partial charge on any atom is 0.417 e. The van der Waals surface area contributed by atoms with Crippen molar-refractivity contribution in [2.24, 2.45) is 0 Å². The lowest BCUT2D eigenvalue weighted by atomic mass is 10.0. The van der Waals surface area contributed by atoms with Crippen molar-refractivity contribution in [2.45, 2.75) is 30.0 Å². The van der Waals surface area contributed by atoms with Crippen molar-refractivity contribution < 1.29 is 19.4 Å². The van der Waals surface area contributed by atoms with Gasteiger partial charge in [-0.3, -0.25) is 4.79 Å². The molecule has 4 atom stereocenters. The van der Waals surface area contributed by atoms with Gasteiger partial charge in [0, 0.05) is 0 Å². The van der Waals surface area contributed by atoms with E-state index < -0.39 is 35.1 Å². The van der Waals surface area contributed by atoms with Gasteiger partial charge in [0.1, 0.15) is 17.0 Å². The SMILES string of the molecule is C[C@H]1C(c2ccccc2)OC(=O)N1C(=O)C(Br)C(O)c1ccsc1. The Morgan fingerprint density at radius 2 is 2.04 bits per heavy atom. The minimum atomic E-state index is -1.03. The third-order valence-electron chi connectivity index (χ3n) is 4.03. The first-order valence-electron chi connectivity index (χ1n) is 7.43. The van der Waals surface area contributed by atoms with Crippen LogP contribution in [-0.4, -0.2) is 32.9 Å². The summed E-state index contributed by atoms with van der Waals surface area (Å²) in [7, 11) is 0. The molecule has 2 amide bonds. The quantitative estimate of drug-likeness (QED) is 0.782. The second-order valence-corrected chi connectivity index (χ2v) is 7.33. The van der Waals surface area contributed by atoms with Gasteiger partial charge >= 0.3 is 6.09 Å². The molecule has 3 rings (SSSR count). The molecule has 2 heterocycles. The minimum absolute atomic E-state index is 0.456. The lowest BCUT2D eigenvalue weighted by molar-refractivity contribution is -0.130. The van der Waals surface area contributed by atoms with Crippen molar-refractivity contribution in [1.82, 2.24) is 4.90 Å². The lowest BCUT2D eigenvalue weighted by Gasteiger charge is -2.23. The summed E-state index contributed by atoms with van der Waals surface area (Å²) in [6.07, 6.45) is -2.23. The third-order valence-corrected chi connectivity index (χ3v) is 5.63. The molecular formula is C17H16BrNO4S. The van der Waals surface area contributed by atoms with Crippen LogP contribution in [0.3, 0.4) is 0 Å². The highest BCUT2D eigenvalue weighted by Gasteiger charge is 2.46. The number of amides is 2. The highest BCUT2D eigenvalue weighted by atomic mass is 79.9. The third kappa shape index (κ3) is 3.11. The van der Waals surface area contributed by atoms with E-state index in [0.29, 0.717) is 5.56 Å². The Morgan fingerprint density at radius 1 is 1.33 bits per heavy atom. The molecule has 5 nitrogen and oxygen atoms in total. The number of rotatable bonds is 4. The summed E-state index contributed by atoms with van der Waals surface area (Å²) in [5.41, 5.74) is 1.47. The maximum atomic E-state index is 12.7. The van der Waals surface area contributed by atoms with Crippen molar-refractivity contribution in [3.63, 3.8) is 0 Å². The summed E-state index contributed by atoms with van der Waals surface area (Å²) in [4.78, 5) is 25.1. The van der Waals surface area contributed by atoms with Gasteiger partial charge in [-0.1, -0.05) is 46.3 Å². The van der Waals surface area contributed by atoms with Crippen LogP contribution in [0.15, 0.2) is 47.2 Å². The number of aliphatic hydroxyl groups is 1. The average Bonchev–Trinajstić information content (AvgIpc) is 3.22. The van der Waals surface area contributed by atoms with E-state index in [1.54, 1.807) is 18.4 Å². The number of carbonyl (C=O) groups is 2. The number of hydrogen-bond donors (Lipinski definition) is 1. The van der Waals surface area contributed by atoms with E-state index in [2.05, 4.69) is 15.9 Å². The van der Waals surface area contributed by atoms with E-state index in [1.807, 2.05) is 35.7 Å². The molecule has 24 heavy (non-hydrogen) atoms. The van der Waals surface area contributed by atoms with Crippen molar-refractivity contribution in [2.75, 3.05) is 0 Å². The molecular weight excluding hydrogens is 394 g/mol. The fraction of sp³-hybridized carbons (Fsp3) is 0.294. The molecule has 0 aliphatic carbocycles. The van der Waals surface area contributed by atoms with Crippen LogP contribution in [0.25, 0.3) is 0 Å². The number of aliphatic hydroxyl groups excluding tert-OH is 1. The Hall–Kier alpha value is -1.70. The number of imide groups is 1. The summed E-state index contributed by atoms with van der Waals surface area (Å²) in [5.74, 6) is -0.510. The molecule has 1 fully saturated rings. The topological polar surface area (TPSA) is 66.8 Å². The van der Waals surface area contributed by atoms with E-state index in [-0.39, 0.29) is 0 Å². The van der Waals surface area contributed by atoms with Gasteiger partial charge in [0.2, 0.25) is 5.91 Å². The highest BCUT2D eigenvalue weighted by molar-refractivity contribution is 9.10. The molecule has 1 aromatic carbocycles. The standard InChI is InChI=1S/C17H16BrNO4S/c1-10-15(11-5-3-2-4-6-11)23-17(22)19(10)16(21)13(18)14(20)12-7-8-24-9-12/h2-10,13-15,20H,1H3/t10-,13?,14?,15?/m0/s1. The average molecular weight is 410 g/mol. The van der Waals surface area contributed by atoms with Crippen molar-refractivity contribution in [3.8, 4) is 0 Å². The molecule has 3 unspecified atom stereocenters. The van der Waals surface area contributed by atoms with Gasteiger partial charge < -0.3 is 9.84 Å². The molecule has 0 radical (unpaired) electrons. The molecule has 7 heteroatoms. The number of halogens is 1. The maximum absolute atomic E-state index is 12.7. The molecule has 0 bridgehead atoms. The smallest absolute Gasteiger partial charge is 0.417 e. The van der Waals surface area contributed by atoms with Gasteiger partial charge in [-0.15, -0.1) is 0 Å². The van der Waals surface area contributed by atoms with Gasteiger partial charge in [0.15, 0.2) is 0 Å². The van der Waals surface area contributed by atoms with E-state index >= 15 is 0 Å². The van der Waals surface area contributed by atoms with Crippen LogP contribution in [0.1, 0.15) is 30.3 Å². The van der Waals surface area contributed by atoms with Gasteiger partial charge in [-0.25, -0.2) is 9.69 Å². The van der Waals surface area contributed by atoms with Crippen molar-refractivity contribution >= 4 is 39.3 Å². The molecule has 1 aromatic heterocycles. The number of ether oxygens (including phenoxy) is 1. The summed E-state index contributed by atoms with van der Waals surface area (Å²) in [6.45, 7) is 1.76. The van der Waals surface area contributed by atoms with Gasteiger partial charge in [-0.05, 0) is 34.9 Å². The Kier molecular flexibility index (Phi) is 5.03. The van der Waals surface area contributed by atoms with Gasteiger partial charge in [-0.2, -0.15) is 11.3 Å². The summed E-state index contributed by atoms with van der Waals surface area (Å²) >= 11 is 4.66. The predicted molar refractivity (Wildman–Crippen MR) is 94.0 cm³/mol. The molecule has 0 spiro atoms. The second-order valence-electron chi connectivity index (χ2n) is 5.57. The first-order chi connectivity index (χ1) is 11.5. The fourth-order valence-corrected chi connectivity index (χ4v) is 3.94. The largest absolute Gasteiger partial charge is 0.439 e. The molecule has 2 aromatic rings. The van der Waals surface area contributed by atoms with Crippen LogP contribution in [0, 0.1) is 0 Å². The number of alkyl halides is 1. The molecule has 1 saturated heterocycles. The monoisotopic (exact) mass is 409 g/mol. The molecule has 126 valence electrons. The number of thiophene rings is 1. The zero-order valence-electron chi connectivity index (χ0n) is 12.8. The number of benzene rings is 1. The lowest BCUT2D eigenvalue weighted by Crippen LogP contribution is -2.43. The van der Waals surface area contributed by atoms with Crippen LogP contribution in [0.2, 0.25) is 0 Å². The molecule has 1 aliphatic rings. The first-order valence-corrected chi connectivity index (χ1v) is 9.29. The van der Waals surface area contributed by atoms with Gasteiger partial charge in [0.05, 0.1) is 6.04 Å². The Balaban J connectivity index is 1.78. The Morgan fingerprint density at radius 3 is 2.67 bits per heavy atom. The zero-order chi connectivity index (χ0) is 17.3. The van der Waals surface area contributed by atoms with Crippen LogP contribution in [0.4, 0.5) is 4.79 Å². The van der Waals surface area contributed by atoms with E-state index in [1.165, 1.54) is 11.3 Å². The first kappa shape index (κ1) is 17.1. The number of hydrogen-bond acceptors (Lipinski definition) is 5. The molecule has 0 saturated carbocycles. The zero-order valence-corrected chi connectivity index (χ0v) is 15.2. The fourth-order valence-electron chi connectivity index (χ4n) is 2.73. The van der Waals surface area contributed by atoms with Crippen molar-refractivity contribution in [1.29, 1.82) is 0 Å². The number of carbonyl (C=O) groups excluding carboxylic acids is 2. The van der Waals surface area contributed by atoms with Crippen LogP contribution in [-0.2, 0) is 9.53 Å². The van der Waals surface area contributed by atoms with Crippen LogP contribution in [0.5, 0.6) is 0 Å². The number of cyclic esters (lactones) is 1. The molecule has 1 aliphatic heterocycles. The van der Waals surface area contributed by atoms with E-state index in [0.717, 1.165) is 10.5 Å². The second kappa shape index (κ2) is 7.04. The Bertz CT molecular complexity index is 721. The van der Waals surface area contributed by atoms with E-state index in [4.69, 9.17) is 4.74 Å².